The van der Waals surface area contributed by atoms with Crippen LogP contribution in [0.4, 0.5) is 0 Å². The van der Waals surface area contributed by atoms with Gasteiger partial charge in [-0.1, -0.05) is 30.3 Å². The Labute approximate surface area is 230 Å². The van der Waals surface area contributed by atoms with Gasteiger partial charge >= 0.3 is 11.9 Å². The zero-order valence-corrected chi connectivity index (χ0v) is 22.5. The van der Waals surface area contributed by atoms with Crippen molar-refractivity contribution in [3.8, 4) is 0 Å². The Morgan fingerprint density at radius 3 is 2.05 bits per heavy atom. The first-order valence-corrected chi connectivity index (χ1v) is 13.5. The summed E-state index contributed by atoms with van der Waals surface area (Å²) < 4.78 is 0. The maximum Gasteiger partial charge on any atom is 0.326 e. The van der Waals surface area contributed by atoms with Crippen LogP contribution in [0.25, 0.3) is 0 Å². The fraction of sp³-hybridized carbons (Fsp3) is 0.500. The third-order valence-corrected chi connectivity index (χ3v) is 6.10. The minimum absolute atomic E-state index is 0.00694. The summed E-state index contributed by atoms with van der Waals surface area (Å²) in [4.78, 5) is 65.6. The van der Waals surface area contributed by atoms with Crippen molar-refractivity contribution in [1.82, 2.24) is 16.0 Å². The summed E-state index contributed by atoms with van der Waals surface area (Å²) in [5.74, 6) is -4.71. The highest BCUT2D eigenvalue weighted by atomic mass is 32.2. The molecule has 216 valence electrons. The van der Waals surface area contributed by atoms with E-state index in [-0.39, 0.29) is 31.8 Å². The molecule has 1 rings (SSSR count). The Hall–Kier alpha value is -3.85. The van der Waals surface area contributed by atoms with Crippen LogP contribution in [0, 0.1) is 0 Å². The van der Waals surface area contributed by atoms with E-state index in [1.165, 1.54) is 11.8 Å². The van der Waals surface area contributed by atoms with E-state index in [4.69, 9.17) is 17.2 Å². The number of carbonyl (C=O) groups excluding carboxylic acids is 3. The highest BCUT2D eigenvalue weighted by Crippen LogP contribution is 2.07. The Kier molecular flexibility index (Phi) is 15.0. The normalized spacial score (nSPS) is 13.7. The van der Waals surface area contributed by atoms with Crippen molar-refractivity contribution in [2.75, 3.05) is 18.6 Å². The maximum atomic E-state index is 13.1. The van der Waals surface area contributed by atoms with Crippen LogP contribution in [0.3, 0.4) is 0 Å². The fourth-order valence-electron chi connectivity index (χ4n) is 3.41. The van der Waals surface area contributed by atoms with Gasteiger partial charge in [-0.25, -0.2) is 4.79 Å². The van der Waals surface area contributed by atoms with Crippen LogP contribution in [-0.2, 0) is 30.4 Å². The Morgan fingerprint density at radius 2 is 1.49 bits per heavy atom. The number of carbonyl (C=O) groups is 5. The number of thioether (sulfide) groups is 1. The van der Waals surface area contributed by atoms with Crippen LogP contribution >= 0.6 is 11.8 Å². The first-order valence-electron chi connectivity index (χ1n) is 12.1. The van der Waals surface area contributed by atoms with Crippen LogP contribution in [0.5, 0.6) is 0 Å². The number of rotatable bonds is 18. The lowest BCUT2D eigenvalue weighted by atomic mass is 10.0. The molecule has 0 heterocycles. The number of nitrogens with one attached hydrogen (secondary N) is 3. The molecule has 1 aromatic carbocycles. The molecule has 0 aliphatic rings. The number of amides is 3. The third kappa shape index (κ3) is 13.5. The predicted octanol–water partition coefficient (Wildman–Crippen LogP) is -1.62. The molecule has 0 aliphatic carbocycles. The van der Waals surface area contributed by atoms with Gasteiger partial charge in [-0.3, -0.25) is 24.2 Å². The second kappa shape index (κ2) is 17.6. The van der Waals surface area contributed by atoms with Crippen LogP contribution in [0.2, 0.25) is 0 Å². The minimum Gasteiger partial charge on any atom is -0.481 e. The van der Waals surface area contributed by atoms with Gasteiger partial charge in [0.25, 0.3) is 0 Å². The molecule has 0 aliphatic heterocycles. The molecule has 0 fully saturated rings. The molecular formula is C24H37N7O7S. The average Bonchev–Trinajstić information content (AvgIpc) is 2.87. The predicted molar refractivity (Wildman–Crippen MR) is 147 cm³/mol. The van der Waals surface area contributed by atoms with Crippen molar-refractivity contribution >= 4 is 47.4 Å². The third-order valence-electron chi connectivity index (χ3n) is 5.46. The van der Waals surface area contributed by atoms with E-state index in [0.29, 0.717) is 17.7 Å². The molecule has 0 aromatic heterocycles. The van der Waals surface area contributed by atoms with E-state index in [9.17, 15) is 34.2 Å². The Bertz CT molecular complexity index is 1010. The second-order valence-electron chi connectivity index (χ2n) is 8.65. The lowest BCUT2D eigenvalue weighted by Gasteiger charge is -2.24. The summed E-state index contributed by atoms with van der Waals surface area (Å²) in [6, 6.07) is 3.57. The van der Waals surface area contributed by atoms with Crippen LogP contribution in [0.1, 0.15) is 31.2 Å². The first kappa shape index (κ1) is 33.2. The van der Waals surface area contributed by atoms with Gasteiger partial charge in [0.05, 0.1) is 12.5 Å². The van der Waals surface area contributed by atoms with Crippen molar-refractivity contribution < 1.29 is 34.2 Å². The summed E-state index contributed by atoms with van der Waals surface area (Å²) in [5.41, 5.74) is 17.1. The summed E-state index contributed by atoms with van der Waals surface area (Å²) >= 11 is 1.47. The number of hydrogen-bond donors (Lipinski definition) is 8. The van der Waals surface area contributed by atoms with Crippen molar-refractivity contribution in [2.45, 2.75) is 56.3 Å². The molecule has 0 spiro atoms. The number of nitrogens with two attached hydrogens (primary N) is 3. The van der Waals surface area contributed by atoms with Gasteiger partial charge in [-0.05, 0) is 36.8 Å². The lowest BCUT2D eigenvalue weighted by molar-refractivity contribution is -0.143. The molecule has 39 heavy (non-hydrogen) atoms. The molecule has 4 atom stereocenters. The lowest BCUT2D eigenvalue weighted by Crippen LogP contribution is -2.57. The fourth-order valence-corrected chi connectivity index (χ4v) is 3.90. The molecule has 14 nitrogen and oxygen atoms in total. The number of carboxylic acids is 2. The monoisotopic (exact) mass is 567 g/mol. The van der Waals surface area contributed by atoms with E-state index in [1.54, 1.807) is 30.3 Å². The van der Waals surface area contributed by atoms with Crippen molar-refractivity contribution in [2.24, 2.45) is 22.2 Å². The molecule has 3 amide bonds. The molecule has 15 heteroatoms. The van der Waals surface area contributed by atoms with Gasteiger partial charge in [0.2, 0.25) is 17.7 Å². The van der Waals surface area contributed by atoms with E-state index in [1.807, 2.05) is 6.26 Å². The summed E-state index contributed by atoms with van der Waals surface area (Å²) in [6.45, 7) is 0.119. The average molecular weight is 568 g/mol. The standard InChI is InChI=1S/C24H37N7O7S/c1-39-11-9-15(25)20(34)30-17(13-19(32)33)22(36)29-16(8-5-10-28-24(26)27)21(35)31-18(23(37)38)12-14-6-3-2-4-7-14/h2-4,6-7,15-18H,5,8-13,25H2,1H3,(H,29,36)(H,30,34)(H,31,35)(H,32,33)(H,37,38)(H4,26,27,28). The summed E-state index contributed by atoms with van der Waals surface area (Å²) in [7, 11) is 0. The summed E-state index contributed by atoms with van der Waals surface area (Å²) in [5, 5.41) is 26.1. The van der Waals surface area contributed by atoms with E-state index in [2.05, 4.69) is 20.9 Å². The number of aliphatic carboxylic acids is 2. The number of guanidine groups is 1. The maximum absolute atomic E-state index is 13.1. The quantitative estimate of drug-likeness (QED) is 0.0568. The van der Waals surface area contributed by atoms with Crippen LogP contribution in [-0.4, -0.2) is 88.6 Å². The van der Waals surface area contributed by atoms with Gasteiger partial charge in [-0.15, -0.1) is 0 Å². The number of carboxylic acid groups (broad SMARTS) is 2. The van der Waals surface area contributed by atoms with Crippen LogP contribution in [0.15, 0.2) is 35.3 Å². The van der Waals surface area contributed by atoms with Gasteiger partial charge in [0.15, 0.2) is 5.96 Å². The van der Waals surface area contributed by atoms with Gasteiger partial charge in [0.1, 0.15) is 18.1 Å². The van der Waals surface area contributed by atoms with E-state index in [0.717, 1.165) is 0 Å². The highest BCUT2D eigenvalue weighted by molar-refractivity contribution is 7.98. The van der Waals surface area contributed by atoms with Gasteiger partial charge in [0, 0.05) is 13.0 Å². The SMILES string of the molecule is CSCCC(N)C(=O)NC(CC(=O)O)C(=O)NC(CCCN=C(N)N)C(=O)NC(Cc1ccccc1)C(=O)O. The Balaban J connectivity index is 3.06. The molecule has 0 saturated heterocycles. The van der Waals surface area contributed by atoms with E-state index < -0.39 is 60.2 Å². The van der Waals surface area contributed by atoms with Crippen molar-refractivity contribution in [1.29, 1.82) is 0 Å². The van der Waals surface area contributed by atoms with Gasteiger partial charge in [-0.2, -0.15) is 11.8 Å². The molecule has 0 saturated carbocycles. The Morgan fingerprint density at radius 1 is 0.897 bits per heavy atom. The molecule has 0 radical (unpaired) electrons. The number of benzene rings is 1. The molecule has 11 N–H and O–H groups in total. The van der Waals surface area contributed by atoms with Crippen LogP contribution < -0.4 is 33.2 Å². The zero-order valence-electron chi connectivity index (χ0n) is 21.7. The number of aliphatic imine (C=N–C) groups is 1. The first-order chi connectivity index (χ1) is 18.4. The smallest absolute Gasteiger partial charge is 0.326 e. The second-order valence-corrected chi connectivity index (χ2v) is 9.63. The molecular weight excluding hydrogens is 530 g/mol. The molecule has 0 bridgehead atoms. The van der Waals surface area contributed by atoms with Crippen molar-refractivity contribution in [3.63, 3.8) is 0 Å². The number of hydrogen-bond acceptors (Lipinski definition) is 8. The number of nitrogens with zero attached hydrogens (tertiary/aromatic N) is 1. The molecule has 1 aromatic rings. The van der Waals surface area contributed by atoms with Crippen molar-refractivity contribution in [3.05, 3.63) is 35.9 Å². The van der Waals surface area contributed by atoms with E-state index >= 15 is 0 Å². The highest BCUT2D eigenvalue weighted by Gasteiger charge is 2.31. The zero-order chi connectivity index (χ0) is 29.4. The summed E-state index contributed by atoms with van der Waals surface area (Å²) in [6.07, 6.45) is 1.58. The van der Waals surface area contributed by atoms with Gasteiger partial charge < -0.3 is 43.4 Å². The topological polar surface area (TPSA) is 252 Å². The largest absolute Gasteiger partial charge is 0.481 e. The minimum atomic E-state index is -1.53. The molecule has 4 unspecified atom stereocenters.